The predicted octanol–water partition coefficient (Wildman–Crippen LogP) is 4.25. The molecular formula is C18H26O2Si. The molecule has 0 spiro atoms. The summed E-state index contributed by atoms with van der Waals surface area (Å²) in [4.78, 5) is 11.9. The Hall–Kier alpha value is -1.53. The fraction of sp³-hybridized carbons (Fsp3) is 0.500. The molecule has 0 bridgehead atoms. The molecule has 0 N–H and O–H groups in total. The van der Waals surface area contributed by atoms with Gasteiger partial charge in [0.15, 0.2) is 0 Å². The number of ketones is 1. The van der Waals surface area contributed by atoms with Gasteiger partial charge in [-0.2, -0.15) is 0 Å². The van der Waals surface area contributed by atoms with Crippen molar-refractivity contribution in [2.45, 2.75) is 51.7 Å². The maximum absolute atomic E-state index is 11.9. The van der Waals surface area contributed by atoms with Gasteiger partial charge in [-0.1, -0.05) is 46.0 Å². The van der Waals surface area contributed by atoms with Gasteiger partial charge in [-0.15, -0.1) is 5.54 Å². The lowest BCUT2D eigenvalue weighted by Gasteiger charge is -2.31. The molecule has 0 aliphatic heterocycles. The van der Waals surface area contributed by atoms with Crippen molar-refractivity contribution in [2.75, 3.05) is 7.11 Å². The van der Waals surface area contributed by atoms with E-state index in [2.05, 4.69) is 45.3 Å². The number of carbonyl (C=O) groups is 1. The van der Waals surface area contributed by atoms with E-state index in [1.54, 1.807) is 7.11 Å². The van der Waals surface area contributed by atoms with Crippen LogP contribution in [0.1, 0.15) is 32.8 Å². The maximum atomic E-state index is 11.9. The van der Waals surface area contributed by atoms with Gasteiger partial charge in [0.2, 0.25) is 5.78 Å². The molecule has 0 fully saturated rings. The number of rotatable bonds is 4. The molecule has 2 nitrogen and oxygen atoms in total. The Morgan fingerprint density at radius 3 is 2.24 bits per heavy atom. The molecule has 3 heteroatoms. The summed E-state index contributed by atoms with van der Waals surface area (Å²) in [7, 11) is -0.0390. The lowest BCUT2D eigenvalue weighted by Crippen LogP contribution is -2.35. The van der Waals surface area contributed by atoms with Crippen LogP contribution < -0.4 is 4.74 Å². The van der Waals surface area contributed by atoms with E-state index >= 15 is 0 Å². The van der Waals surface area contributed by atoms with E-state index in [4.69, 9.17) is 4.74 Å². The SMILES string of the molecule is COc1ccc(CCC(=O)C#C[Si](C)(C)C(C)(C)C)cc1. The van der Waals surface area contributed by atoms with Crippen molar-refractivity contribution in [2.24, 2.45) is 0 Å². The van der Waals surface area contributed by atoms with E-state index in [0.717, 1.165) is 17.7 Å². The third kappa shape index (κ3) is 5.39. The molecule has 0 saturated heterocycles. The molecule has 114 valence electrons. The van der Waals surface area contributed by atoms with Crippen molar-refractivity contribution in [1.29, 1.82) is 0 Å². The smallest absolute Gasteiger partial charge is 0.205 e. The van der Waals surface area contributed by atoms with Crippen LogP contribution in [-0.4, -0.2) is 21.0 Å². The quantitative estimate of drug-likeness (QED) is 0.614. The van der Waals surface area contributed by atoms with Crippen LogP contribution in [0.25, 0.3) is 0 Å². The zero-order valence-electron chi connectivity index (χ0n) is 14.0. The zero-order valence-corrected chi connectivity index (χ0v) is 15.0. The van der Waals surface area contributed by atoms with Gasteiger partial charge in [0.05, 0.1) is 7.11 Å². The molecule has 0 heterocycles. The highest BCUT2D eigenvalue weighted by Crippen LogP contribution is 2.35. The molecule has 0 aromatic heterocycles. The highest BCUT2D eigenvalue weighted by molar-refractivity contribution is 6.87. The predicted molar refractivity (Wildman–Crippen MR) is 91.3 cm³/mol. The third-order valence-corrected chi connectivity index (χ3v) is 8.69. The number of ether oxygens (including phenoxy) is 1. The molecule has 0 aliphatic carbocycles. The second-order valence-corrected chi connectivity index (χ2v) is 11.9. The van der Waals surface area contributed by atoms with Crippen molar-refractivity contribution < 1.29 is 9.53 Å². The van der Waals surface area contributed by atoms with Gasteiger partial charge in [0.25, 0.3) is 0 Å². The zero-order chi connectivity index (χ0) is 16.1. The van der Waals surface area contributed by atoms with Gasteiger partial charge in [0, 0.05) is 6.42 Å². The number of benzene rings is 1. The minimum absolute atomic E-state index is 0.0376. The van der Waals surface area contributed by atoms with Crippen LogP contribution in [-0.2, 0) is 11.2 Å². The number of aryl methyl sites for hydroxylation is 1. The molecule has 0 aliphatic rings. The Morgan fingerprint density at radius 1 is 1.19 bits per heavy atom. The van der Waals surface area contributed by atoms with Gasteiger partial charge in [-0.25, -0.2) is 0 Å². The molecule has 1 aromatic carbocycles. The van der Waals surface area contributed by atoms with Gasteiger partial charge < -0.3 is 4.74 Å². The van der Waals surface area contributed by atoms with Crippen LogP contribution in [0.5, 0.6) is 5.75 Å². The van der Waals surface area contributed by atoms with E-state index in [9.17, 15) is 4.79 Å². The summed E-state index contributed by atoms with van der Waals surface area (Å²) < 4.78 is 5.12. The molecule has 1 aromatic rings. The fourth-order valence-electron chi connectivity index (χ4n) is 1.53. The summed E-state index contributed by atoms with van der Waals surface area (Å²) in [6.45, 7) is 11.1. The summed E-state index contributed by atoms with van der Waals surface area (Å²) in [6, 6.07) is 7.82. The van der Waals surface area contributed by atoms with Crippen LogP contribution in [0.2, 0.25) is 18.1 Å². The second kappa shape index (κ2) is 6.95. The average Bonchev–Trinajstić information content (AvgIpc) is 2.42. The number of hydrogen-bond donors (Lipinski definition) is 0. The highest BCUT2D eigenvalue weighted by Gasteiger charge is 2.33. The van der Waals surface area contributed by atoms with Crippen molar-refractivity contribution in [3.05, 3.63) is 29.8 Å². The van der Waals surface area contributed by atoms with E-state index in [-0.39, 0.29) is 10.8 Å². The Bertz CT molecular complexity index is 539. The minimum atomic E-state index is -1.69. The van der Waals surface area contributed by atoms with Gasteiger partial charge in [-0.3, -0.25) is 4.79 Å². The molecule has 21 heavy (non-hydrogen) atoms. The van der Waals surface area contributed by atoms with Crippen LogP contribution in [0.3, 0.4) is 0 Å². The summed E-state index contributed by atoms with van der Waals surface area (Å²) in [5, 5.41) is 0.191. The third-order valence-electron chi connectivity index (χ3n) is 4.19. The monoisotopic (exact) mass is 302 g/mol. The largest absolute Gasteiger partial charge is 0.497 e. The Morgan fingerprint density at radius 2 is 1.76 bits per heavy atom. The highest BCUT2D eigenvalue weighted by atomic mass is 28.3. The van der Waals surface area contributed by atoms with Crippen molar-refractivity contribution in [3.8, 4) is 17.2 Å². The maximum Gasteiger partial charge on any atom is 0.205 e. The van der Waals surface area contributed by atoms with Gasteiger partial charge in [-0.05, 0) is 35.1 Å². The summed E-state index contributed by atoms with van der Waals surface area (Å²) >= 11 is 0. The minimum Gasteiger partial charge on any atom is -0.497 e. The molecular weight excluding hydrogens is 276 g/mol. The van der Waals surface area contributed by atoms with E-state index < -0.39 is 8.07 Å². The summed E-state index contributed by atoms with van der Waals surface area (Å²) in [5.74, 6) is 3.74. The lowest BCUT2D eigenvalue weighted by molar-refractivity contribution is -0.113. The first-order valence-electron chi connectivity index (χ1n) is 7.34. The second-order valence-electron chi connectivity index (χ2n) is 6.90. The van der Waals surface area contributed by atoms with E-state index in [0.29, 0.717) is 6.42 Å². The average molecular weight is 302 g/mol. The Labute approximate surface area is 129 Å². The van der Waals surface area contributed by atoms with Crippen LogP contribution in [0.4, 0.5) is 0 Å². The topological polar surface area (TPSA) is 26.3 Å². The molecule has 0 radical (unpaired) electrons. The van der Waals surface area contributed by atoms with Crippen LogP contribution in [0.15, 0.2) is 24.3 Å². The van der Waals surface area contributed by atoms with E-state index in [1.165, 1.54) is 0 Å². The van der Waals surface area contributed by atoms with Crippen molar-refractivity contribution in [3.63, 3.8) is 0 Å². The number of hydrogen-bond acceptors (Lipinski definition) is 2. The van der Waals surface area contributed by atoms with E-state index in [1.807, 2.05) is 24.3 Å². The Balaban J connectivity index is 2.59. The number of carbonyl (C=O) groups excluding carboxylic acids is 1. The number of Topliss-reactive ketones (excluding diaryl/α,β-unsaturated/α-hetero) is 1. The fourth-order valence-corrected chi connectivity index (χ4v) is 2.35. The van der Waals surface area contributed by atoms with Crippen LogP contribution in [0, 0.1) is 11.5 Å². The number of methoxy groups -OCH3 is 1. The molecule has 0 atom stereocenters. The van der Waals surface area contributed by atoms with Crippen molar-refractivity contribution >= 4 is 13.9 Å². The summed E-state index contributed by atoms with van der Waals surface area (Å²) in [5.41, 5.74) is 4.41. The van der Waals surface area contributed by atoms with Gasteiger partial charge >= 0.3 is 0 Å². The summed E-state index contributed by atoms with van der Waals surface area (Å²) in [6.07, 6.45) is 1.21. The molecule has 0 saturated carbocycles. The Kier molecular flexibility index (Phi) is 5.80. The first-order chi connectivity index (χ1) is 9.65. The lowest BCUT2D eigenvalue weighted by atomic mass is 10.1. The normalized spacial score (nSPS) is 11.5. The van der Waals surface area contributed by atoms with Gasteiger partial charge in [0.1, 0.15) is 13.8 Å². The molecule has 0 unspecified atom stereocenters. The van der Waals surface area contributed by atoms with Crippen LogP contribution >= 0.6 is 0 Å². The van der Waals surface area contributed by atoms with Crippen molar-refractivity contribution in [1.82, 2.24) is 0 Å². The standard InChI is InChI=1S/C18H26O2Si/c1-18(2,3)21(5,6)14-13-16(19)10-7-15-8-11-17(20-4)12-9-15/h8-9,11-12H,7,10H2,1-6H3. The molecule has 1 rings (SSSR count). The first kappa shape index (κ1) is 17.5. The molecule has 0 amide bonds. The first-order valence-corrected chi connectivity index (χ1v) is 10.3.